The molecular formula is C18H28N2O4S. The Morgan fingerprint density at radius 2 is 1.88 bits per heavy atom. The first-order chi connectivity index (χ1) is 11.7. The molecule has 1 amide bonds. The van der Waals surface area contributed by atoms with Gasteiger partial charge in [0.05, 0.1) is 17.0 Å². The fraction of sp³-hybridized carbons (Fsp3) is 0.611. The highest BCUT2D eigenvalue weighted by atomic mass is 32.2. The van der Waals surface area contributed by atoms with E-state index in [0.29, 0.717) is 25.1 Å². The van der Waals surface area contributed by atoms with Crippen LogP contribution in [0.1, 0.15) is 49.0 Å². The van der Waals surface area contributed by atoms with Gasteiger partial charge in [-0.3, -0.25) is 4.79 Å². The van der Waals surface area contributed by atoms with E-state index < -0.39 is 16.1 Å². The molecule has 1 N–H and O–H groups in total. The largest absolute Gasteiger partial charge is 0.391 e. The molecule has 6 nitrogen and oxygen atoms in total. The molecule has 1 aliphatic rings. The minimum absolute atomic E-state index is 0.130. The van der Waals surface area contributed by atoms with E-state index in [1.54, 1.807) is 44.9 Å². The number of carbonyl (C=O) groups excluding carboxylic acids is 1. The van der Waals surface area contributed by atoms with Crippen LogP contribution in [-0.4, -0.2) is 60.9 Å². The van der Waals surface area contributed by atoms with Gasteiger partial charge in [-0.25, -0.2) is 8.42 Å². The minimum atomic E-state index is -3.62. The summed E-state index contributed by atoms with van der Waals surface area (Å²) in [5.74, 6) is -0.250. The summed E-state index contributed by atoms with van der Waals surface area (Å²) in [6.45, 7) is 6.13. The van der Waals surface area contributed by atoms with E-state index in [4.69, 9.17) is 0 Å². The molecule has 0 bridgehead atoms. The quantitative estimate of drug-likeness (QED) is 0.833. The normalized spacial score (nSPS) is 20.9. The number of likely N-dealkylation sites (N-methyl/N-ethyl adjacent to an activating group) is 1. The van der Waals surface area contributed by atoms with Crippen LogP contribution in [0.15, 0.2) is 23.1 Å². The Labute approximate surface area is 150 Å². The summed E-state index contributed by atoms with van der Waals surface area (Å²) >= 11 is 0. The first-order valence-electron chi connectivity index (χ1n) is 8.80. The summed E-state index contributed by atoms with van der Waals surface area (Å²) in [5, 5.41) is 10.0. The zero-order valence-electron chi connectivity index (χ0n) is 15.4. The Morgan fingerprint density at radius 3 is 2.40 bits per heavy atom. The van der Waals surface area contributed by atoms with Gasteiger partial charge in [-0.05, 0) is 43.9 Å². The number of amides is 1. The molecule has 0 aliphatic heterocycles. The SMILES string of the molecule is CCN(CC)S(=O)(=O)c1ccc(C)c(C(=O)N(C)[C@@H]2CCC[C@H]2O)c1. The predicted molar refractivity (Wildman–Crippen MR) is 97.0 cm³/mol. The zero-order valence-corrected chi connectivity index (χ0v) is 16.2. The maximum absolute atomic E-state index is 12.9. The van der Waals surface area contributed by atoms with Gasteiger partial charge in [0, 0.05) is 25.7 Å². The second-order valence-corrected chi connectivity index (χ2v) is 8.49. The van der Waals surface area contributed by atoms with E-state index in [-0.39, 0.29) is 16.8 Å². The molecule has 0 saturated heterocycles. The number of hydrogen-bond donors (Lipinski definition) is 1. The van der Waals surface area contributed by atoms with Gasteiger partial charge in [0.25, 0.3) is 5.91 Å². The van der Waals surface area contributed by atoms with E-state index in [0.717, 1.165) is 18.4 Å². The van der Waals surface area contributed by atoms with Crippen molar-refractivity contribution in [1.29, 1.82) is 0 Å². The lowest BCUT2D eigenvalue weighted by Gasteiger charge is -2.28. The average molecular weight is 368 g/mol. The van der Waals surface area contributed by atoms with Crippen LogP contribution in [0.3, 0.4) is 0 Å². The second-order valence-electron chi connectivity index (χ2n) is 6.55. The molecule has 140 valence electrons. The number of hydrogen-bond acceptors (Lipinski definition) is 4. The monoisotopic (exact) mass is 368 g/mol. The molecule has 0 spiro atoms. The van der Waals surface area contributed by atoms with Crippen molar-refractivity contribution in [1.82, 2.24) is 9.21 Å². The van der Waals surface area contributed by atoms with Gasteiger partial charge in [-0.2, -0.15) is 4.31 Å². The maximum atomic E-state index is 12.9. The molecule has 1 aromatic rings. The first kappa shape index (κ1) is 19.9. The van der Waals surface area contributed by atoms with Crippen molar-refractivity contribution < 1.29 is 18.3 Å². The molecule has 25 heavy (non-hydrogen) atoms. The van der Waals surface area contributed by atoms with Gasteiger partial charge in [0.2, 0.25) is 10.0 Å². The van der Waals surface area contributed by atoms with Gasteiger partial charge in [0.15, 0.2) is 0 Å². The van der Waals surface area contributed by atoms with E-state index >= 15 is 0 Å². The predicted octanol–water partition coefficient (Wildman–Crippen LogP) is 2.01. The summed E-state index contributed by atoms with van der Waals surface area (Å²) < 4.78 is 26.8. The topological polar surface area (TPSA) is 77.9 Å². The number of nitrogens with zero attached hydrogens (tertiary/aromatic N) is 2. The van der Waals surface area contributed by atoms with Crippen LogP contribution in [-0.2, 0) is 10.0 Å². The lowest BCUT2D eigenvalue weighted by molar-refractivity contribution is 0.0538. The van der Waals surface area contributed by atoms with Crippen molar-refractivity contribution in [2.24, 2.45) is 0 Å². The number of benzene rings is 1. The summed E-state index contributed by atoms with van der Waals surface area (Å²) in [4.78, 5) is 14.6. The smallest absolute Gasteiger partial charge is 0.254 e. The molecule has 1 fully saturated rings. The Morgan fingerprint density at radius 1 is 1.24 bits per heavy atom. The number of aliphatic hydroxyl groups excluding tert-OH is 1. The molecular weight excluding hydrogens is 340 g/mol. The van der Waals surface area contributed by atoms with Crippen LogP contribution in [0.25, 0.3) is 0 Å². The summed E-state index contributed by atoms with van der Waals surface area (Å²) in [6, 6.07) is 4.46. The maximum Gasteiger partial charge on any atom is 0.254 e. The second kappa shape index (κ2) is 7.85. The lowest BCUT2D eigenvalue weighted by Crippen LogP contribution is -2.42. The minimum Gasteiger partial charge on any atom is -0.391 e. The summed E-state index contributed by atoms with van der Waals surface area (Å²) in [5.41, 5.74) is 1.10. The van der Waals surface area contributed by atoms with Crippen molar-refractivity contribution in [2.45, 2.75) is 57.1 Å². The molecule has 7 heteroatoms. The van der Waals surface area contributed by atoms with Crippen molar-refractivity contribution >= 4 is 15.9 Å². The summed E-state index contributed by atoms with van der Waals surface area (Å²) in [6.07, 6.45) is 1.83. The molecule has 0 aromatic heterocycles. The fourth-order valence-corrected chi connectivity index (χ4v) is 4.90. The zero-order chi connectivity index (χ0) is 18.8. The van der Waals surface area contributed by atoms with Crippen molar-refractivity contribution in [3.63, 3.8) is 0 Å². The Bertz CT molecular complexity index is 729. The third kappa shape index (κ3) is 3.88. The lowest BCUT2D eigenvalue weighted by atomic mass is 10.1. The number of aryl methyl sites for hydroxylation is 1. The third-order valence-corrected chi connectivity index (χ3v) is 7.09. The van der Waals surface area contributed by atoms with Crippen LogP contribution in [0.2, 0.25) is 0 Å². The Kier molecular flexibility index (Phi) is 6.24. The molecule has 1 aliphatic carbocycles. The third-order valence-electron chi connectivity index (χ3n) is 5.04. The van der Waals surface area contributed by atoms with Gasteiger partial charge in [-0.1, -0.05) is 19.9 Å². The first-order valence-corrected chi connectivity index (χ1v) is 10.2. The van der Waals surface area contributed by atoms with E-state index in [9.17, 15) is 18.3 Å². The van der Waals surface area contributed by atoms with Gasteiger partial charge >= 0.3 is 0 Å². The van der Waals surface area contributed by atoms with Crippen LogP contribution < -0.4 is 0 Å². The number of sulfonamides is 1. The molecule has 2 rings (SSSR count). The van der Waals surface area contributed by atoms with Crippen LogP contribution in [0.5, 0.6) is 0 Å². The average Bonchev–Trinajstić information content (AvgIpc) is 3.00. The van der Waals surface area contributed by atoms with Crippen molar-refractivity contribution in [3.8, 4) is 0 Å². The van der Waals surface area contributed by atoms with E-state index in [1.807, 2.05) is 0 Å². The van der Waals surface area contributed by atoms with Crippen molar-refractivity contribution in [3.05, 3.63) is 29.3 Å². The standard InChI is InChI=1S/C18H28N2O4S/c1-5-20(6-2)25(23,24)14-11-10-13(3)15(12-14)18(22)19(4)16-8-7-9-17(16)21/h10-12,16-17,21H,5-9H2,1-4H3/t16-,17-/m1/s1. The number of carbonyl (C=O) groups is 1. The molecule has 0 unspecified atom stereocenters. The van der Waals surface area contributed by atoms with Crippen LogP contribution in [0, 0.1) is 6.92 Å². The molecule has 0 radical (unpaired) electrons. The number of rotatable bonds is 6. The van der Waals surface area contributed by atoms with Gasteiger partial charge in [0.1, 0.15) is 0 Å². The van der Waals surface area contributed by atoms with Crippen LogP contribution >= 0.6 is 0 Å². The van der Waals surface area contributed by atoms with Crippen LogP contribution in [0.4, 0.5) is 0 Å². The van der Waals surface area contributed by atoms with Gasteiger partial charge in [-0.15, -0.1) is 0 Å². The van der Waals surface area contributed by atoms with Crippen molar-refractivity contribution in [2.75, 3.05) is 20.1 Å². The van der Waals surface area contributed by atoms with E-state index in [2.05, 4.69) is 0 Å². The Balaban J connectivity index is 2.37. The molecule has 2 atom stereocenters. The fourth-order valence-electron chi connectivity index (χ4n) is 3.42. The highest BCUT2D eigenvalue weighted by Crippen LogP contribution is 2.26. The molecule has 0 heterocycles. The molecule has 1 saturated carbocycles. The highest BCUT2D eigenvalue weighted by molar-refractivity contribution is 7.89. The highest BCUT2D eigenvalue weighted by Gasteiger charge is 2.32. The number of aliphatic hydroxyl groups is 1. The molecule has 1 aromatic carbocycles. The Hall–Kier alpha value is -1.44. The summed E-state index contributed by atoms with van der Waals surface area (Å²) in [7, 11) is -1.94. The van der Waals surface area contributed by atoms with Gasteiger partial charge < -0.3 is 10.0 Å². The van der Waals surface area contributed by atoms with E-state index in [1.165, 1.54) is 10.4 Å².